The van der Waals surface area contributed by atoms with Crippen LogP contribution in [-0.2, 0) is 0 Å². The molecule has 0 fully saturated rings. The van der Waals surface area contributed by atoms with E-state index in [1.54, 1.807) is 6.08 Å². The summed E-state index contributed by atoms with van der Waals surface area (Å²) in [5.74, 6) is 0. The van der Waals surface area contributed by atoms with Crippen LogP contribution in [0.3, 0.4) is 0 Å². The average molecular weight is 151 g/mol. The number of allylic oxidation sites excluding steroid dienone is 5. The van der Waals surface area contributed by atoms with Gasteiger partial charge in [-0.05, 0) is 6.08 Å². The van der Waals surface area contributed by atoms with Crippen LogP contribution in [0.4, 0.5) is 0 Å². The third kappa shape index (κ3) is 4.43. The fourth-order valence-electron chi connectivity index (χ4n) is 0.488. The fraction of sp³-hybridized carbons (Fsp3) is 0.400. The van der Waals surface area contributed by atoms with Crippen molar-refractivity contribution in [1.29, 1.82) is 0 Å². The Labute approximate surface area is 69.3 Å². The monoisotopic (exact) mass is 151 g/mol. The molecule has 0 bridgehead atoms. The van der Waals surface area contributed by atoms with E-state index in [2.05, 4.69) is 27.4 Å². The second-order valence-corrected chi connectivity index (χ2v) is 3.49. The van der Waals surface area contributed by atoms with Crippen LogP contribution >= 0.6 is 0 Å². The zero-order valence-corrected chi connectivity index (χ0v) is 7.59. The van der Waals surface area contributed by atoms with E-state index >= 15 is 0 Å². The first-order valence-electron chi connectivity index (χ1n) is 3.74. The van der Waals surface area contributed by atoms with E-state index in [1.165, 1.54) is 0 Å². The van der Waals surface area contributed by atoms with Crippen LogP contribution in [0.1, 0.15) is 20.8 Å². The van der Waals surface area contributed by atoms with E-state index in [-0.39, 0.29) is 5.41 Å². The summed E-state index contributed by atoms with van der Waals surface area (Å²) in [6.45, 7) is 9.81. The van der Waals surface area contributed by atoms with Crippen LogP contribution in [0.5, 0.6) is 0 Å². The Morgan fingerprint density at radius 3 is 2.18 bits per heavy atom. The van der Waals surface area contributed by atoms with Gasteiger partial charge in [-0.15, -0.1) is 0 Å². The zero-order chi connectivity index (χ0) is 8.91. The highest BCUT2D eigenvalue weighted by Gasteiger charge is 2.11. The van der Waals surface area contributed by atoms with Crippen LogP contribution < -0.4 is 5.73 Å². The Kier molecular flexibility index (Phi) is 3.66. The Morgan fingerprint density at radius 2 is 1.82 bits per heavy atom. The maximum atomic E-state index is 5.77. The second-order valence-electron chi connectivity index (χ2n) is 3.49. The number of hydrogen-bond acceptors (Lipinski definition) is 1. The minimum Gasteiger partial charge on any atom is -0.402 e. The van der Waals surface area contributed by atoms with E-state index in [9.17, 15) is 0 Å². The second kappa shape index (κ2) is 4.02. The van der Waals surface area contributed by atoms with Crippen molar-refractivity contribution >= 4 is 0 Å². The van der Waals surface area contributed by atoms with Crippen LogP contribution in [0, 0.1) is 5.41 Å². The summed E-state index contributed by atoms with van der Waals surface area (Å²) in [4.78, 5) is 0. The summed E-state index contributed by atoms with van der Waals surface area (Å²) in [5, 5.41) is 0. The predicted molar refractivity (Wildman–Crippen MR) is 51.1 cm³/mol. The van der Waals surface area contributed by atoms with Gasteiger partial charge in [0.1, 0.15) is 0 Å². The normalized spacial score (nSPS) is 13.9. The van der Waals surface area contributed by atoms with Crippen LogP contribution in [0.25, 0.3) is 0 Å². The van der Waals surface area contributed by atoms with Gasteiger partial charge in [0.2, 0.25) is 0 Å². The molecule has 0 aromatic heterocycles. The molecule has 0 unspecified atom stereocenters. The molecule has 0 amide bonds. The summed E-state index contributed by atoms with van der Waals surface area (Å²) in [6, 6.07) is 0. The molecule has 0 aliphatic carbocycles. The topological polar surface area (TPSA) is 26.0 Å². The predicted octanol–water partition coefficient (Wildman–Crippen LogP) is 2.62. The lowest BCUT2D eigenvalue weighted by Crippen LogP contribution is -2.16. The van der Waals surface area contributed by atoms with E-state index in [0.29, 0.717) is 0 Å². The molecule has 11 heavy (non-hydrogen) atoms. The molecule has 1 nitrogen and oxygen atoms in total. The van der Waals surface area contributed by atoms with Crippen molar-refractivity contribution in [2.24, 2.45) is 11.1 Å². The standard InChI is InChI=1S/C10H17N/c1-5-6-7-8-9(11)10(2,3)4/h5-8H,1,11H2,2-4H3/b7-6+,9-8+. The molecule has 0 rings (SSSR count). The summed E-state index contributed by atoms with van der Waals surface area (Å²) >= 11 is 0. The summed E-state index contributed by atoms with van der Waals surface area (Å²) < 4.78 is 0. The first-order chi connectivity index (χ1) is 4.98. The van der Waals surface area contributed by atoms with Gasteiger partial charge in [-0.1, -0.05) is 45.6 Å². The van der Waals surface area contributed by atoms with Gasteiger partial charge < -0.3 is 5.73 Å². The molecular weight excluding hydrogens is 134 g/mol. The Bertz CT molecular complexity index is 180. The Balaban J connectivity index is 4.23. The van der Waals surface area contributed by atoms with E-state index in [0.717, 1.165) is 5.70 Å². The lowest BCUT2D eigenvalue weighted by molar-refractivity contribution is 0.497. The van der Waals surface area contributed by atoms with E-state index in [4.69, 9.17) is 5.73 Å². The molecule has 0 radical (unpaired) electrons. The van der Waals surface area contributed by atoms with Crippen molar-refractivity contribution in [2.45, 2.75) is 20.8 Å². The van der Waals surface area contributed by atoms with E-state index in [1.807, 2.05) is 18.2 Å². The molecule has 62 valence electrons. The van der Waals surface area contributed by atoms with Crippen molar-refractivity contribution in [1.82, 2.24) is 0 Å². The van der Waals surface area contributed by atoms with Gasteiger partial charge in [-0.3, -0.25) is 0 Å². The molecule has 0 aromatic carbocycles. The van der Waals surface area contributed by atoms with Gasteiger partial charge in [-0.25, -0.2) is 0 Å². The van der Waals surface area contributed by atoms with Crippen molar-refractivity contribution in [3.63, 3.8) is 0 Å². The van der Waals surface area contributed by atoms with Crippen molar-refractivity contribution in [3.8, 4) is 0 Å². The van der Waals surface area contributed by atoms with Crippen molar-refractivity contribution < 1.29 is 0 Å². The van der Waals surface area contributed by atoms with Gasteiger partial charge in [0, 0.05) is 11.1 Å². The van der Waals surface area contributed by atoms with E-state index < -0.39 is 0 Å². The molecule has 2 N–H and O–H groups in total. The minimum atomic E-state index is 0.0610. The lowest BCUT2D eigenvalue weighted by atomic mass is 9.92. The Hall–Kier alpha value is -0.980. The molecule has 0 aliphatic rings. The van der Waals surface area contributed by atoms with Gasteiger partial charge in [-0.2, -0.15) is 0 Å². The number of nitrogens with two attached hydrogens (primary N) is 1. The van der Waals surface area contributed by atoms with Gasteiger partial charge >= 0.3 is 0 Å². The third-order valence-electron chi connectivity index (χ3n) is 1.39. The SMILES string of the molecule is C=C/C=C/C=C(/N)C(C)(C)C. The molecular formula is C10H17N. The Morgan fingerprint density at radius 1 is 1.27 bits per heavy atom. The van der Waals surface area contributed by atoms with Gasteiger partial charge in [0.25, 0.3) is 0 Å². The number of hydrogen-bond donors (Lipinski definition) is 1. The maximum Gasteiger partial charge on any atom is 0.0135 e. The quantitative estimate of drug-likeness (QED) is 0.603. The highest BCUT2D eigenvalue weighted by Crippen LogP contribution is 2.19. The average Bonchev–Trinajstić information content (AvgIpc) is 1.86. The largest absolute Gasteiger partial charge is 0.402 e. The van der Waals surface area contributed by atoms with Crippen LogP contribution in [-0.4, -0.2) is 0 Å². The smallest absolute Gasteiger partial charge is 0.0135 e. The van der Waals surface area contributed by atoms with Crippen LogP contribution in [0.15, 0.2) is 36.6 Å². The first kappa shape index (κ1) is 10.0. The summed E-state index contributed by atoms with van der Waals surface area (Å²) in [6.07, 6.45) is 7.39. The minimum absolute atomic E-state index is 0.0610. The summed E-state index contributed by atoms with van der Waals surface area (Å²) in [5.41, 5.74) is 6.71. The molecule has 0 saturated heterocycles. The highest BCUT2D eigenvalue weighted by atomic mass is 14.6. The fourth-order valence-corrected chi connectivity index (χ4v) is 0.488. The molecule has 0 heterocycles. The first-order valence-corrected chi connectivity index (χ1v) is 3.74. The third-order valence-corrected chi connectivity index (χ3v) is 1.39. The van der Waals surface area contributed by atoms with Crippen molar-refractivity contribution in [2.75, 3.05) is 0 Å². The van der Waals surface area contributed by atoms with Crippen molar-refractivity contribution in [3.05, 3.63) is 36.6 Å². The molecule has 0 saturated carbocycles. The lowest BCUT2D eigenvalue weighted by Gasteiger charge is -2.18. The number of rotatable bonds is 2. The van der Waals surface area contributed by atoms with Crippen LogP contribution in [0.2, 0.25) is 0 Å². The maximum absolute atomic E-state index is 5.77. The van der Waals surface area contributed by atoms with Gasteiger partial charge in [0.05, 0.1) is 0 Å². The zero-order valence-electron chi connectivity index (χ0n) is 7.59. The summed E-state index contributed by atoms with van der Waals surface area (Å²) in [7, 11) is 0. The molecule has 0 atom stereocenters. The molecule has 0 aromatic rings. The molecule has 0 aliphatic heterocycles. The molecule has 0 spiro atoms. The molecule has 1 heteroatoms. The highest BCUT2D eigenvalue weighted by molar-refractivity contribution is 5.17. The van der Waals surface area contributed by atoms with Gasteiger partial charge in [0.15, 0.2) is 0 Å².